The molecule has 0 radical (unpaired) electrons. The molecule has 126 valence electrons. The van der Waals surface area contributed by atoms with Crippen LogP contribution in [-0.4, -0.2) is 58.7 Å². The lowest BCUT2D eigenvalue weighted by Crippen LogP contribution is -2.40. The molecular weight excluding hydrogens is 316 g/mol. The molecule has 2 fully saturated rings. The SMILES string of the molecule is CN1CC2(CCN(Cc3ccc(O)c(Cl)c3)CC2)CC1C(=O)O. The van der Waals surface area contributed by atoms with Crippen molar-refractivity contribution in [3.63, 3.8) is 0 Å². The number of halogens is 1. The number of rotatable bonds is 3. The van der Waals surface area contributed by atoms with E-state index in [4.69, 9.17) is 11.6 Å². The first-order valence-electron chi connectivity index (χ1n) is 8.01. The fraction of sp³-hybridized carbons (Fsp3) is 0.588. The van der Waals surface area contributed by atoms with Gasteiger partial charge in [-0.25, -0.2) is 0 Å². The summed E-state index contributed by atoms with van der Waals surface area (Å²) >= 11 is 5.96. The summed E-state index contributed by atoms with van der Waals surface area (Å²) in [5.41, 5.74) is 1.25. The molecule has 23 heavy (non-hydrogen) atoms. The highest BCUT2D eigenvalue weighted by atomic mass is 35.5. The Morgan fingerprint density at radius 1 is 1.39 bits per heavy atom. The van der Waals surface area contributed by atoms with Gasteiger partial charge in [0.1, 0.15) is 11.8 Å². The summed E-state index contributed by atoms with van der Waals surface area (Å²) < 4.78 is 0. The van der Waals surface area contributed by atoms with E-state index < -0.39 is 5.97 Å². The molecule has 1 atom stereocenters. The van der Waals surface area contributed by atoms with Gasteiger partial charge in [-0.1, -0.05) is 17.7 Å². The Kier molecular flexibility index (Phi) is 4.54. The van der Waals surface area contributed by atoms with E-state index in [1.54, 1.807) is 6.07 Å². The van der Waals surface area contributed by atoms with E-state index in [2.05, 4.69) is 4.90 Å². The largest absolute Gasteiger partial charge is 0.506 e. The molecule has 2 aliphatic heterocycles. The van der Waals surface area contributed by atoms with Gasteiger partial charge in [0, 0.05) is 13.1 Å². The number of piperidine rings is 1. The van der Waals surface area contributed by atoms with Crippen molar-refractivity contribution in [1.82, 2.24) is 9.80 Å². The lowest BCUT2D eigenvalue weighted by atomic mass is 9.76. The first-order valence-corrected chi connectivity index (χ1v) is 8.39. The van der Waals surface area contributed by atoms with E-state index >= 15 is 0 Å². The number of carboxylic acid groups (broad SMARTS) is 1. The third-order valence-corrected chi connectivity index (χ3v) is 5.67. The second kappa shape index (κ2) is 6.30. The number of phenols is 1. The van der Waals surface area contributed by atoms with Crippen LogP contribution in [-0.2, 0) is 11.3 Å². The molecule has 0 amide bonds. The molecule has 0 aliphatic carbocycles. The zero-order valence-corrected chi connectivity index (χ0v) is 14.1. The number of likely N-dealkylation sites (tertiary alicyclic amines) is 2. The normalized spacial score (nSPS) is 25.0. The highest BCUT2D eigenvalue weighted by molar-refractivity contribution is 6.32. The van der Waals surface area contributed by atoms with Crippen molar-refractivity contribution < 1.29 is 15.0 Å². The van der Waals surface area contributed by atoms with Crippen LogP contribution in [0, 0.1) is 5.41 Å². The van der Waals surface area contributed by atoms with Gasteiger partial charge in [0.25, 0.3) is 0 Å². The topological polar surface area (TPSA) is 64.0 Å². The Bertz CT molecular complexity index is 600. The van der Waals surface area contributed by atoms with Crippen molar-refractivity contribution in [3.05, 3.63) is 28.8 Å². The highest BCUT2D eigenvalue weighted by Gasteiger charge is 2.46. The molecule has 6 heteroatoms. The maximum atomic E-state index is 11.3. The Hall–Kier alpha value is -1.30. The number of aromatic hydroxyl groups is 1. The summed E-state index contributed by atoms with van der Waals surface area (Å²) in [6, 6.07) is 5.00. The van der Waals surface area contributed by atoms with E-state index in [1.807, 2.05) is 24.1 Å². The fourth-order valence-electron chi connectivity index (χ4n) is 4.00. The maximum Gasteiger partial charge on any atom is 0.320 e. The average Bonchev–Trinajstić information content (AvgIpc) is 2.83. The minimum Gasteiger partial charge on any atom is -0.506 e. The Morgan fingerprint density at radius 2 is 2.09 bits per heavy atom. The molecule has 2 aliphatic rings. The van der Waals surface area contributed by atoms with Gasteiger partial charge in [0.05, 0.1) is 5.02 Å². The second-order valence-corrected chi connectivity index (χ2v) is 7.44. The van der Waals surface area contributed by atoms with Crippen LogP contribution in [0.5, 0.6) is 5.75 Å². The maximum absolute atomic E-state index is 11.3. The van der Waals surface area contributed by atoms with Crippen molar-refractivity contribution in [3.8, 4) is 5.75 Å². The first-order chi connectivity index (χ1) is 10.9. The predicted molar refractivity (Wildman–Crippen MR) is 88.7 cm³/mol. The summed E-state index contributed by atoms with van der Waals surface area (Å²) in [5.74, 6) is -0.591. The molecule has 2 N–H and O–H groups in total. The standard InChI is InChI=1S/C17H23ClN2O3/c1-19-11-17(9-14(19)16(22)23)4-6-20(7-5-17)10-12-2-3-15(21)13(18)8-12/h2-3,8,14,21H,4-7,9-11H2,1H3,(H,22,23). The number of carboxylic acids is 1. The molecule has 0 bridgehead atoms. The lowest BCUT2D eigenvalue weighted by Gasteiger charge is -2.39. The molecule has 1 spiro atoms. The lowest BCUT2D eigenvalue weighted by molar-refractivity contribution is -0.141. The van der Waals surface area contributed by atoms with Crippen LogP contribution in [0.15, 0.2) is 18.2 Å². The van der Waals surface area contributed by atoms with Crippen molar-refractivity contribution in [2.45, 2.75) is 31.8 Å². The molecule has 1 aromatic rings. The fourth-order valence-corrected chi connectivity index (χ4v) is 4.20. The molecule has 2 heterocycles. The number of likely N-dealkylation sites (N-methyl/N-ethyl adjacent to an activating group) is 1. The van der Waals surface area contributed by atoms with Gasteiger partial charge < -0.3 is 10.2 Å². The number of phenolic OH excluding ortho intramolecular Hbond substituents is 1. The zero-order chi connectivity index (χ0) is 16.6. The van der Waals surface area contributed by atoms with Gasteiger partial charge in [0.2, 0.25) is 0 Å². The Balaban J connectivity index is 1.58. The summed E-state index contributed by atoms with van der Waals surface area (Å²) in [5, 5.41) is 19.2. The molecule has 0 aromatic heterocycles. The summed E-state index contributed by atoms with van der Waals surface area (Å²) in [7, 11) is 1.92. The average molecular weight is 339 g/mol. The van der Waals surface area contributed by atoms with Crippen molar-refractivity contribution in [1.29, 1.82) is 0 Å². The van der Waals surface area contributed by atoms with E-state index in [9.17, 15) is 15.0 Å². The van der Waals surface area contributed by atoms with Crippen molar-refractivity contribution in [2.75, 3.05) is 26.7 Å². The predicted octanol–water partition coefficient (Wildman–Crippen LogP) is 2.42. The smallest absolute Gasteiger partial charge is 0.320 e. The molecule has 1 unspecified atom stereocenters. The van der Waals surface area contributed by atoms with E-state index in [1.165, 1.54) is 0 Å². The van der Waals surface area contributed by atoms with Gasteiger partial charge in [-0.05, 0) is 62.5 Å². The third-order valence-electron chi connectivity index (χ3n) is 5.36. The molecule has 0 saturated carbocycles. The van der Waals surface area contributed by atoms with Gasteiger partial charge in [0.15, 0.2) is 0 Å². The van der Waals surface area contributed by atoms with Gasteiger partial charge in [-0.2, -0.15) is 0 Å². The number of hydrogen-bond acceptors (Lipinski definition) is 4. The Labute approximate surface area is 141 Å². The minimum atomic E-state index is -0.703. The van der Waals surface area contributed by atoms with Gasteiger partial charge in [-0.15, -0.1) is 0 Å². The second-order valence-electron chi connectivity index (χ2n) is 7.04. The van der Waals surface area contributed by atoms with E-state index in [0.29, 0.717) is 5.02 Å². The Morgan fingerprint density at radius 3 is 2.65 bits per heavy atom. The third kappa shape index (κ3) is 3.47. The number of carbonyl (C=O) groups is 1. The zero-order valence-electron chi connectivity index (χ0n) is 13.3. The van der Waals surface area contributed by atoms with Crippen molar-refractivity contribution in [2.24, 2.45) is 5.41 Å². The number of benzene rings is 1. The molecule has 3 rings (SSSR count). The van der Waals surface area contributed by atoms with Gasteiger partial charge in [-0.3, -0.25) is 14.6 Å². The molecule has 2 saturated heterocycles. The van der Waals surface area contributed by atoms with Crippen LogP contribution in [0.25, 0.3) is 0 Å². The van der Waals surface area contributed by atoms with E-state index in [0.717, 1.165) is 51.0 Å². The first kappa shape index (κ1) is 16.6. The molecule has 5 nitrogen and oxygen atoms in total. The minimum absolute atomic E-state index is 0.113. The monoisotopic (exact) mass is 338 g/mol. The van der Waals surface area contributed by atoms with Crippen LogP contribution in [0.3, 0.4) is 0 Å². The highest BCUT2D eigenvalue weighted by Crippen LogP contribution is 2.43. The quantitative estimate of drug-likeness (QED) is 0.886. The van der Waals surface area contributed by atoms with Crippen LogP contribution in [0.1, 0.15) is 24.8 Å². The molecule has 1 aromatic carbocycles. The number of aliphatic carboxylic acids is 1. The van der Waals surface area contributed by atoms with E-state index in [-0.39, 0.29) is 17.2 Å². The van der Waals surface area contributed by atoms with Crippen molar-refractivity contribution >= 4 is 17.6 Å². The molecular formula is C17H23ClN2O3. The summed E-state index contributed by atoms with van der Waals surface area (Å²) in [4.78, 5) is 15.7. The summed E-state index contributed by atoms with van der Waals surface area (Å²) in [6.45, 7) is 3.63. The van der Waals surface area contributed by atoms with Crippen LogP contribution >= 0.6 is 11.6 Å². The van der Waals surface area contributed by atoms with Crippen LogP contribution < -0.4 is 0 Å². The van der Waals surface area contributed by atoms with Gasteiger partial charge >= 0.3 is 5.97 Å². The number of hydrogen-bond donors (Lipinski definition) is 2. The van der Waals surface area contributed by atoms with Crippen LogP contribution in [0.4, 0.5) is 0 Å². The van der Waals surface area contributed by atoms with Crippen LogP contribution in [0.2, 0.25) is 5.02 Å². The number of nitrogens with zero attached hydrogens (tertiary/aromatic N) is 2. The summed E-state index contributed by atoms with van der Waals surface area (Å²) in [6.07, 6.45) is 2.83.